The number of aromatic nitrogens is 1. The van der Waals surface area contributed by atoms with Crippen LogP contribution in [0.2, 0.25) is 0 Å². The summed E-state index contributed by atoms with van der Waals surface area (Å²) in [5, 5.41) is 13.2. The highest BCUT2D eigenvalue weighted by atomic mass is 16.3. The first-order valence-electron chi connectivity index (χ1n) is 7.39. The maximum absolute atomic E-state index is 9.60. The van der Waals surface area contributed by atoms with Gasteiger partial charge in [0.15, 0.2) is 5.82 Å². The van der Waals surface area contributed by atoms with E-state index < -0.39 is 0 Å². The number of anilines is 2. The Morgan fingerprint density at radius 2 is 2.05 bits per heavy atom. The minimum atomic E-state index is -0.143. The maximum Gasteiger partial charge on any atom is 0.151 e. The van der Waals surface area contributed by atoms with Crippen LogP contribution in [-0.4, -0.2) is 35.3 Å². The van der Waals surface area contributed by atoms with Crippen molar-refractivity contribution in [2.24, 2.45) is 0 Å². The Labute approximate surface area is 115 Å². The number of rotatable bonds is 5. The van der Waals surface area contributed by atoms with Crippen molar-refractivity contribution in [1.82, 2.24) is 4.98 Å². The third-order valence-corrected chi connectivity index (χ3v) is 3.90. The molecule has 0 spiro atoms. The van der Waals surface area contributed by atoms with Crippen LogP contribution in [0.1, 0.15) is 39.5 Å². The molecule has 4 heteroatoms. The van der Waals surface area contributed by atoms with E-state index in [9.17, 15) is 5.11 Å². The molecule has 2 heterocycles. The topological polar surface area (TPSA) is 48.4 Å². The minimum Gasteiger partial charge on any atom is -0.393 e. The number of piperidine rings is 1. The second-order valence-electron chi connectivity index (χ2n) is 5.25. The van der Waals surface area contributed by atoms with Crippen molar-refractivity contribution in [3.63, 3.8) is 0 Å². The molecule has 0 amide bonds. The molecule has 1 aromatic heterocycles. The molecule has 2 rings (SSSR count). The van der Waals surface area contributed by atoms with Crippen LogP contribution in [0, 0.1) is 0 Å². The molecule has 1 aliphatic heterocycles. The van der Waals surface area contributed by atoms with Gasteiger partial charge in [0.05, 0.1) is 11.8 Å². The molecule has 2 N–H and O–H groups in total. The lowest BCUT2D eigenvalue weighted by atomic mass is 10.1. The maximum atomic E-state index is 9.60. The number of pyridine rings is 1. The van der Waals surface area contributed by atoms with Crippen LogP contribution in [0.5, 0.6) is 0 Å². The smallest absolute Gasteiger partial charge is 0.151 e. The van der Waals surface area contributed by atoms with Crippen molar-refractivity contribution in [1.29, 1.82) is 0 Å². The number of aliphatic hydroxyl groups excluding tert-OH is 1. The predicted octanol–water partition coefficient (Wildman–Crippen LogP) is 2.64. The molecule has 0 radical (unpaired) electrons. The molecule has 1 aliphatic rings. The van der Waals surface area contributed by atoms with E-state index in [1.807, 2.05) is 12.3 Å². The Hall–Kier alpha value is -1.29. The number of hydrogen-bond donors (Lipinski definition) is 2. The Morgan fingerprint density at radius 1 is 1.37 bits per heavy atom. The van der Waals surface area contributed by atoms with Gasteiger partial charge in [-0.05, 0) is 37.8 Å². The predicted molar refractivity (Wildman–Crippen MR) is 79.7 cm³/mol. The molecule has 0 bridgehead atoms. The molecule has 0 aliphatic carbocycles. The van der Waals surface area contributed by atoms with Crippen molar-refractivity contribution in [3.05, 3.63) is 18.3 Å². The molecule has 0 aromatic carbocycles. The van der Waals surface area contributed by atoms with E-state index in [0.717, 1.165) is 50.3 Å². The van der Waals surface area contributed by atoms with E-state index in [2.05, 4.69) is 35.1 Å². The average molecular weight is 263 g/mol. The molecular formula is C15H25N3O. The molecule has 0 atom stereocenters. The summed E-state index contributed by atoms with van der Waals surface area (Å²) in [6, 6.07) is 4.58. The van der Waals surface area contributed by atoms with Gasteiger partial charge in [0, 0.05) is 25.3 Å². The number of hydrogen-bond acceptors (Lipinski definition) is 4. The van der Waals surface area contributed by atoms with Crippen molar-refractivity contribution in [3.8, 4) is 0 Å². The van der Waals surface area contributed by atoms with Crippen LogP contribution in [-0.2, 0) is 0 Å². The summed E-state index contributed by atoms with van der Waals surface area (Å²) < 4.78 is 0. The van der Waals surface area contributed by atoms with E-state index in [0.29, 0.717) is 6.04 Å². The second-order valence-corrected chi connectivity index (χ2v) is 5.25. The summed E-state index contributed by atoms with van der Waals surface area (Å²) in [7, 11) is 0. The van der Waals surface area contributed by atoms with Crippen LogP contribution < -0.4 is 10.2 Å². The monoisotopic (exact) mass is 263 g/mol. The molecule has 1 saturated heterocycles. The van der Waals surface area contributed by atoms with Crippen molar-refractivity contribution in [2.75, 3.05) is 23.3 Å². The fourth-order valence-electron chi connectivity index (χ4n) is 2.55. The quantitative estimate of drug-likeness (QED) is 0.857. The van der Waals surface area contributed by atoms with E-state index in [1.165, 1.54) is 0 Å². The summed E-state index contributed by atoms with van der Waals surface area (Å²) in [5.41, 5.74) is 1.12. The van der Waals surface area contributed by atoms with Gasteiger partial charge in [-0.25, -0.2) is 4.98 Å². The fourth-order valence-corrected chi connectivity index (χ4v) is 2.55. The average Bonchev–Trinajstić information content (AvgIpc) is 2.46. The van der Waals surface area contributed by atoms with Gasteiger partial charge in [0.25, 0.3) is 0 Å². The van der Waals surface area contributed by atoms with Crippen LogP contribution in [0.4, 0.5) is 11.5 Å². The number of aliphatic hydroxyl groups is 1. The largest absolute Gasteiger partial charge is 0.393 e. The number of nitrogens with one attached hydrogen (secondary N) is 1. The number of nitrogens with zero attached hydrogens (tertiary/aromatic N) is 2. The van der Waals surface area contributed by atoms with Crippen LogP contribution in [0.15, 0.2) is 18.3 Å². The van der Waals surface area contributed by atoms with Gasteiger partial charge >= 0.3 is 0 Å². The summed E-state index contributed by atoms with van der Waals surface area (Å²) in [5.74, 6) is 1.03. The van der Waals surface area contributed by atoms with Crippen LogP contribution in [0.3, 0.4) is 0 Å². The Balaban J connectivity index is 2.11. The van der Waals surface area contributed by atoms with Gasteiger partial charge in [-0.1, -0.05) is 13.8 Å². The zero-order valence-electron chi connectivity index (χ0n) is 12.0. The highest BCUT2D eigenvalue weighted by molar-refractivity contribution is 5.65. The highest BCUT2D eigenvalue weighted by Crippen LogP contribution is 2.27. The van der Waals surface area contributed by atoms with Gasteiger partial charge in [0.2, 0.25) is 0 Å². The van der Waals surface area contributed by atoms with Crippen LogP contribution in [0.25, 0.3) is 0 Å². The Bertz CT molecular complexity index is 385. The summed E-state index contributed by atoms with van der Waals surface area (Å²) in [6.07, 6.45) is 5.60. The lowest BCUT2D eigenvalue weighted by molar-refractivity contribution is 0.145. The van der Waals surface area contributed by atoms with Gasteiger partial charge in [-0.2, -0.15) is 0 Å². The fraction of sp³-hybridized carbons (Fsp3) is 0.667. The molecule has 19 heavy (non-hydrogen) atoms. The third kappa shape index (κ3) is 3.60. The lowest BCUT2D eigenvalue weighted by Crippen LogP contribution is -2.37. The summed E-state index contributed by atoms with van der Waals surface area (Å²) >= 11 is 0. The molecule has 0 unspecified atom stereocenters. The van der Waals surface area contributed by atoms with Crippen molar-refractivity contribution < 1.29 is 5.11 Å². The zero-order valence-corrected chi connectivity index (χ0v) is 12.0. The van der Waals surface area contributed by atoms with E-state index in [4.69, 9.17) is 0 Å². The summed E-state index contributed by atoms with van der Waals surface area (Å²) in [6.45, 7) is 6.18. The van der Waals surface area contributed by atoms with Gasteiger partial charge < -0.3 is 15.3 Å². The molecule has 106 valence electrons. The lowest BCUT2D eigenvalue weighted by Gasteiger charge is -2.32. The molecule has 1 aromatic rings. The first-order chi connectivity index (χ1) is 9.24. The molecule has 4 nitrogen and oxygen atoms in total. The van der Waals surface area contributed by atoms with Crippen molar-refractivity contribution in [2.45, 2.75) is 51.7 Å². The minimum absolute atomic E-state index is 0.143. The molecule has 0 saturated carbocycles. The van der Waals surface area contributed by atoms with Crippen molar-refractivity contribution >= 4 is 11.5 Å². The van der Waals surface area contributed by atoms with Gasteiger partial charge in [-0.15, -0.1) is 0 Å². The van der Waals surface area contributed by atoms with E-state index >= 15 is 0 Å². The first-order valence-corrected chi connectivity index (χ1v) is 7.39. The zero-order chi connectivity index (χ0) is 13.7. The Morgan fingerprint density at radius 3 is 2.68 bits per heavy atom. The first kappa shape index (κ1) is 14.1. The van der Waals surface area contributed by atoms with E-state index in [-0.39, 0.29) is 6.10 Å². The Kier molecular flexibility index (Phi) is 5.02. The van der Waals surface area contributed by atoms with Gasteiger partial charge in [0.1, 0.15) is 0 Å². The molecule has 1 fully saturated rings. The normalized spacial score (nSPS) is 16.9. The second kappa shape index (κ2) is 6.75. The molecular weight excluding hydrogens is 238 g/mol. The SMILES string of the molecule is CCC(CC)Nc1cccnc1N1CCC(O)CC1. The summed E-state index contributed by atoms with van der Waals surface area (Å²) in [4.78, 5) is 6.81. The third-order valence-electron chi connectivity index (χ3n) is 3.90. The highest BCUT2D eigenvalue weighted by Gasteiger charge is 2.20. The van der Waals surface area contributed by atoms with Gasteiger partial charge in [-0.3, -0.25) is 0 Å². The standard InChI is InChI=1S/C15H25N3O/c1-3-12(4-2)17-14-6-5-9-16-15(14)18-10-7-13(19)8-11-18/h5-6,9,12-13,17,19H,3-4,7-8,10-11H2,1-2H3. The van der Waals surface area contributed by atoms with Crippen LogP contribution >= 0.6 is 0 Å². The van der Waals surface area contributed by atoms with E-state index in [1.54, 1.807) is 0 Å².